The van der Waals surface area contributed by atoms with Crippen molar-refractivity contribution in [2.75, 3.05) is 0 Å². The number of H-pyrrole nitrogens is 1. The van der Waals surface area contributed by atoms with Gasteiger partial charge in [-0.2, -0.15) is 5.26 Å². The number of nitrogens with one attached hydrogen (secondary N) is 1. The normalized spacial score (nSPS) is 18.5. The van der Waals surface area contributed by atoms with E-state index in [4.69, 9.17) is 0 Å². The molecule has 0 amide bonds. The summed E-state index contributed by atoms with van der Waals surface area (Å²) in [5.41, 5.74) is 10.2. The van der Waals surface area contributed by atoms with E-state index in [0.717, 1.165) is 22.2 Å². The third-order valence-electron chi connectivity index (χ3n) is 6.58. The molecule has 0 aliphatic heterocycles. The van der Waals surface area contributed by atoms with E-state index in [-0.39, 0.29) is 19.3 Å². The molecule has 0 saturated heterocycles. The standard InChI is InChI=1S/C27H18N2.CH4/c1-3-16-17(4-2)25-19-10-6-5-9-18(19)24(16)23-15(14-28)13-22-26(27(23)25)20-11-7-8-12-21(20)29-22;/h3-13,24-25,29H,1-2H2;1H4. The fourth-order valence-corrected chi connectivity index (χ4v) is 5.56. The summed E-state index contributed by atoms with van der Waals surface area (Å²) in [6.07, 6.45) is 3.93. The molecular weight excluding hydrogens is 364 g/mol. The van der Waals surface area contributed by atoms with Crippen molar-refractivity contribution >= 4 is 21.8 Å². The molecular formula is C28H22N2. The van der Waals surface area contributed by atoms with Gasteiger partial charge in [0.2, 0.25) is 0 Å². The van der Waals surface area contributed by atoms with E-state index in [1.165, 1.54) is 38.6 Å². The fraction of sp³-hybridized carbons (Fsp3) is 0.107. The van der Waals surface area contributed by atoms with Crippen LogP contribution in [-0.2, 0) is 0 Å². The monoisotopic (exact) mass is 386 g/mol. The van der Waals surface area contributed by atoms with Crippen molar-refractivity contribution in [1.29, 1.82) is 5.26 Å². The maximum atomic E-state index is 10.1. The minimum absolute atomic E-state index is 0. The predicted molar refractivity (Wildman–Crippen MR) is 125 cm³/mol. The Balaban J connectivity index is 0.00000193. The van der Waals surface area contributed by atoms with Gasteiger partial charge < -0.3 is 4.98 Å². The number of para-hydroxylation sites is 1. The van der Waals surface area contributed by atoms with Crippen molar-refractivity contribution in [3.63, 3.8) is 0 Å². The Morgan fingerprint density at radius 3 is 2.07 bits per heavy atom. The lowest BCUT2D eigenvalue weighted by atomic mass is 9.59. The second kappa shape index (κ2) is 6.34. The Morgan fingerprint density at radius 1 is 0.833 bits per heavy atom. The number of benzene rings is 3. The van der Waals surface area contributed by atoms with E-state index >= 15 is 0 Å². The lowest BCUT2D eigenvalue weighted by molar-refractivity contribution is 0.763. The van der Waals surface area contributed by atoms with Crippen molar-refractivity contribution in [3.05, 3.63) is 119 Å². The van der Waals surface area contributed by atoms with Crippen LogP contribution in [-0.4, -0.2) is 4.98 Å². The van der Waals surface area contributed by atoms with Crippen LogP contribution in [0.15, 0.2) is 91.1 Å². The lowest BCUT2D eigenvalue weighted by Crippen LogP contribution is -2.28. The fourth-order valence-electron chi connectivity index (χ4n) is 5.56. The third kappa shape index (κ3) is 2.02. The van der Waals surface area contributed by atoms with Crippen LogP contribution in [0.1, 0.15) is 47.1 Å². The van der Waals surface area contributed by atoms with E-state index in [9.17, 15) is 5.26 Å². The van der Waals surface area contributed by atoms with Gasteiger partial charge in [0.25, 0.3) is 0 Å². The number of aromatic amines is 1. The first-order valence-electron chi connectivity index (χ1n) is 9.83. The number of aromatic nitrogens is 1. The second-order valence-electron chi connectivity index (χ2n) is 7.77. The summed E-state index contributed by atoms with van der Waals surface area (Å²) in [4.78, 5) is 3.53. The molecule has 0 saturated carbocycles. The molecule has 2 heteroatoms. The number of nitriles is 1. The van der Waals surface area contributed by atoms with Crippen LogP contribution in [0.4, 0.5) is 0 Å². The van der Waals surface area contributed by atoms with E-state index in [2.05, 4.69) is 66.7 Å². The summed E-state index contributed by atoms with van der Waals surface area (Å²) in [5, 5.41) is 12.5. The summed E-state index contributed by atoms with van der Waals surface area (Å²) in [6, 6.07) is 21.5. The summed E-state index contributed by atoms with van der Waals surface area (Å²) in [7, 11) is 0. The summed E-state index contributed by atoms with van der Waals surface area (Å²) >= 11 is 0. The molecule has 7 rings (SSSR count). The Labute approximate surface area is 176 Å². The zero-order chi connectivity index (χ0) is 19.7. The van der Waals surface area contributed by atoms with Gasteiger partial charge in [0.05, 0.1) is 11.6 Å². The molecule has 2 atom stereocenters. The van der Waals surface area contributed by atoms with Crippen molar-refractivity contribution in [2.45, 2.75) is 19.3 Å². The average molecular weight is 386 g/mol. The van der Waals surface area contributed by atoms with Crippen molar-refractivity contribution in [3.8, 4) is 6.07 Å². The van der Waals surface area contributed by atoms with Gasteiger partial charge in [-0.3, -0.25) is 0 Å². The lowest BCUT2D eigenvalue weighted by Gasteiger charge is -2.43. The van der Waals surface area contributed by atoms with Crippen LogP contribution >= 0.6 is 0 Å². The molecule has 1 heterocycles. The minimum atomic E-state index is 0. The van der Waals surface area contributed by atoms with Crippen LogP contribution in [0.2, 0.25) is 0 Å². The van der Waals surface area contributed by atoms with Gasteiger partial charge in [0.15, 0.2) is 0 Å². The first-order chi connectivity index (χ1) is 14.3. The highest BCUT2D eigenvalue weighted by Gasteiger charge is 2.43. The predicted octanol–water partition coefficient (Wildman–Crippen LogP) is 7.09. The molecule has 0 fully saturated rings. The van der Waals surface area contributed by atoms with E-state index in [1.807, 2.05) is 24.3 Å². The van der Waals surface area contributed by atoms with Crippen molar-refractivity contribution in [2.24, 2.45) is 0 Å². The van der Waals surface area contributed by atoms with Crippen molar-refractivity contribution < 1.29 is 0 Å². The largest absolute Gasteiger partial charge is 0.354 e. The number of rotatable bonds is 2. The number of allylic oxidation sites excluding steroid dienone is 4. The Bertz CT molecular complexity index is 1460. The highest BCUT2D eigenvalue weighted by Crippen LogP contribution is 2.59. The van der Waals surface area contributed by atoms with Gasteiger partial charge in [-0.05, 0) is 45.5 Å². The molecule has 2 bridgehead atoms. The molecule has 2 nitrogen and oxygen atoms in total. The molecule has 4 aromatic rings. The van der Waals surface area contributed by atoms with Crippen molar-refractivity contribution in [1.82, 2.24) is 4.98 Å². The molecule has 3 aliphatic rings. The van der Waals surface area contributed by atoms with E-state index in [0.29, 0.717) is 0 Å². The number of nitrogens with zero attached hydrogens (tertiary/aromatic N) is 1. The van der Waals surface area contributed by atoms with E-state index in [1.54, 1.807) is 0 Å². The minimum Gasteiger partial charge on any atom is -0.354 e. The molecule has 3 aliphatic carbocycles. The number of hydrogen-bond acceptors (Lipinski definition) is 1. The molecule has 3 aromatic carbocycles. The first kappa shape index (κ1) is 18.2. The SMILES string of the molecule is C.C=CC1=C(C=C)C2c3ccccc3C1c1c(C#N)cc3[nH]c4ccccc4c3c12. The molecule has 144 valence electrons. The van der Waals surface area contributed by atoms with Crippen LogP contribution in [0.5, 0.6) is 0 Å². The average Bonchev–Trinajstić information content (AvgIpc) is 3.16. The molecule has 0 radical (unpaired) electrons. The van der Waals surface area contributed by atoms with Crippen LogP contribution in [0.3, 0.4) is 0 Å². The third-order valence-corrected chi connectivity index (χ3v) is 6.58. The van der Waals surface area contributed by atoms with Crippen LogP contribution in [0, 0.1) is 11.3 Å². The van der Waals surface area contributed by atoms with Gasteiger partial charge in [-0.25, -0.2) is 0 Å². The van der Waals surface area contributed by atoms with Gasteiger partial charge in [0, 0.05) is 33.6 Å². The molecule has 1 aromatic heterocycles. The number of hydrogen-bond donors (Lipinski definition) is 1. The zero-order valence-electron chi connectivity index (χ0n) is 15.9. The quantitative estimate of drug-likeness (QED) is 0.392. The van der Waals surface area contributed by atoms with Crippen LogP contribution in [0.25, 0.3) is 21.8 Å². The van der Waals surface area contributed by atoms with Gasteiger partial charge >= 0.3 is 0 Å². The summed E-state index contributed by atoms with van der Waals surface area (Å²) in [5.74, 6) is 0.0797. The van der Waals surface area contributed by atoms with Gasteiger partial charge in [0.1, 0.15) is 0 Å². The Hall–Kier alpha value is -3.83. The molecule has 0 spiro atoms. The summed E-state index contributed by atoms with van der Waals surface area (Å²) < 4.78 is 0. The van der Waals surface area contributed by atoms with Crippen LogP contribution < -0.4 is 0 Å². The molecule has 30 heavy (non-hydrogen) atoms. The number of fused-ring (bicyclic) bond motifs is 3. The molecule has 2 unspecified atom stereocenters. The smallest absolute Gasteiger partial charge is 0.0995 e. The summed E-state index contributed by atoms with van der Waals surface area (Å²) in [6.45, 7) is 8.25. The second-order valence-corrected chi connectivity index (χ2v) is 7.77. The highest BCUT2D eigenvalue weighted by molar-refractivity contribution is 6.11. The maximum Gasteiger partial charge on any atom is 0.0995 e. The topological polar surface area (TPSA) is 39.6 Å². The van der Waals surface area contributed by atoms with Gasteiger partial charge in [-0.15, -0.1) is 0 Å². The Morgan fingerprint density at radius 2 is 1.43 bits per heavy atom. The highest BCUT2D eigenvalue weighted by atomic mass is 14.7. The first-order valence-corrected chi connectivity index (χ1v) is 9.83. The Kier molecular flexibility index (Phi) is 3.85. The molecule has 1 N–H and O–H groups in total. The van der Waals surface area contributed by atoms with E-state index < -0.39 is 0 Å². The maximum absolute atomic E-state index is 10.1. The van der Waals surface area contributed by atoms with Gasteiger partial charge in [-0.1, -0.05) is 75.2 Å². The zero-order valence-corrected chi connectivity index (χ0v) is 15.9.